The maximum absolute atomic E-state index is 10.3. The van der Waals surface area contributed by atoms with E-state index in [1.165, 1.54) is 0 Å². The average molecular weight is 375 g/mol. The normalized spacial score (nSPS) is 12.0. The molecule has 4 rings (SSSR count). The minimum absolute atomic E-state index is 0.165. The largest absolute Gasteiger partial charge is 0.491 e. The summed E-state index contributed by atoms with van der Waals surface area (Å²) in [4.78, 5) is 0. The molecule has 0 fully saturated rings. The molecule has 0 saturated heterocycles. The number of hydrogen-bond acceptors (Lipinski definition) is 5. The molecular formula is C22H21N3O3. The zero-order valence-corrected chi connectivity index (χ0v) is 15.3. The lowest BCUT2D eigenvalue weighted by Crippen LogP contribution is -2.24. The molecule has 0 radical (unpaired) electrons. The highest BCUT2D eigenvalue weighted by atomic mass is 16.5. The van der Waals surface area contributed by atoms with E-state index >= 15 is 0 Å². The maximum atomic E-state index is 10.3. The third-order valence-electron chi connectivity index (χ3n) is 4.32. The summed E-state index contributed by atoms with van der Waals surface area (Å²) in [6.07, 6.45) is -0.695. The summed E-state index contributed by atoms with van der Waals surface area (Å²) in [6.45, 7) is 1.00. The van der Waals surface area contributed by atoms with Crippen LogP contribution in [0.15, 0.2) is 78.9 Å². The maximum Gasteiger partial charge on any atom is 0.120 e. The molecule has 1 atom stereocenters. The molecule has 1 heterocycles. The van der Waals surface area contributed by atoms with E-state index in [4.69, 9.17) is 9.47 Å². The van der Waals surface area contributed by atoms with Crippen LogP contribution in [0.1, 0.15) is 5.56 Å². The lowest BCUT2D eigenvalue weighted by Gasteiger charge is -2.13. The predicted molar refractivity (Wildman–Crippen MR) is 106 cm³/mol. The Morgan fingerprint density at radius 2 is 1.50 bits per heavy atom. The van der Waals surface area contributed by atoms with Gasteiger partial charge in [0.1, 0.15) is 36.3 Å². The van der Waals surface area contributed by atoms with Crippen LogP contribution in [0.5, 0.6) is 11.5 Å². The minimum atomic E-state index is -0.695. The lowest BCUT2D eigenvalue weighted by atomic mass is 10.2. The Labute approximate surface area is 163 Å². The molecule has 0 aliphatic rings. The molecule has 0 spiro atoms. The molecular weight excluding hydrogens is 354 g/mol. The summed E-state index contributed by atoms with van der Waals surface area (Å²) < 4.78 is 13.1. The number of aliphatic hydroxyl groups is 1. The SMILES string of the molecule is OC(COc1ccc(OCc2ccccc2)cc1)Cn1nnc2ccccc21. The Morgan fingerprint density at radius 3 is 2.29 bits per heavy atom. The Kier molecular flexibility index (Phi) is 5.49. The summed E-state index contributed by atoms with van der Waals surface area (Å²) in [7, 11) is 0. The van der Waals surface area contributed by atoms with Crippen LogP contribution in [0.25, 0.3) is 11.0 Å². The third kappa shape index (κ3) is 4.47. The van der Waals surface area contributed by atoms with Crippen molar-refractivity contribution in [2.24, 2.45) is 0 Å². The second-order valence-corrected chi connectivity index (χ2v) is 6.47. The first-order chi connectivity index (χ1) is 13.8. The van der Waals surface area contributed by atoms with Crippen LogP contribution in [-0.2, 0) is 13.2 Å². The van der Waals surface area contributed by atoms with Crippen LogP contribution in [0.4, 0.5) is 0 Å². The van der Waals surface area contributed by atoms with E-state index in [0.29, 0.717) is 18.9 Å². The van der Waals surface area contributed by atoms with Gasteiger partial charge in [0.2, 0.25) is 0 Å². The predicted octanol–water partition coefficient (Wildman–Crippen LogP) is 3.45. The number of aromatic nitrogens is 3. The molecule has 1 aromatic heterocycles. The Hall–Kier alpha value is -3.38. The fourth-order valence-corrected chi connectivity index (χ4v) is 2.87. The summed E-state index contributed by atoms with van der Waals surface area (Å²) in [5.74, 6) is 1.44. The third-order valence-corrected chi connectivity index (χ3v) is 4.32. The summed E-state index contributed by atoms with van der Waals surface area (Å²) in [5.41, 5.74) is 2.81. The monoisotopic (exact) mass is 375 g/mol. The summed E-state index contributed by atoms with van der Waals surface area (Å²) in [5, 5.41) is 18.4. The van der Waals surface area contributed by atoms with Gasteiger partial charge in [0.05, 0.1) is 12.1 Å². The second-order valence-electron chi connectivity index (χ2n) is 6.47. The van der Waals surface area contributed by atoms with Crippen molar-refractivity contribution in [1.82, 2.24) is 15.0 Å². The highest BCUT2D eigenvalue weighted by Crippen LogP contribution is 2.19. The van der Waals surface area contributed by atoms with Crippen molar-refractivity contribution < 1.29 is 14.6 Å². The molecule has 4 aromatic rings. The minimum Gasteiger partial charge on any atom is -0.491 e. The van der Waals surface area contributed by atoms with Crippen molar-refractivity contribution in [3.05, 3.63) is 84.4 Å². The van der Waals surface area contributed by atoms with Crippen molar-refractivity contribution in [3.8, 4) is 11.5 Å². The molecule has 6 heteroatoms. The number of ether oxygens (including phenoxy) is 2. The fraction of sp³-hybridized carbons (Fsp3) is 0.182. The number of nitrogens with zero attached hydrogens (tertiary/aromatic N) is 3. The molecule has 6 nitrogen and oxygen atoms in total. The Bertz CT molecular complexity index is 1020. The van der Waals surface area contributed by atoms with Crippen LogP contribution in [0.2, 0.25) is 0 Å². The number of benzene rings is 3. The smallest absolute Gasteiger partial charge is 0.120 e. The summed E-state index contributed by atoms with van der Waals surface area (Å²) in [6, 6.07) is 25.0. The van der Waals surface area contributed by atoms with Crippen LogP contribution in [0.3, 0.4) is 0 Å². The lowest BCUT2D eigenvalue weighted by molar-refractivity contribution is 0.0899. The van der Waals surface area contributed by atoms with Gasteiger partial charge >= 0.3 is 0 Å². The zero-order chi connectivity index (χ0) is 19.2. The van der Waals surface area contributed by atoms with Gasteiger partial charge in [-0.15, -0.1) is 5.10 Å². The molecule has 3 aromatic carbocycles. The molecule has 1 unspecified atom stereocenters. The van der Waals surface area contributed by atoms with E-state index in [2.05, 4.69) is 10.3 Å². The number of para-hydroxylation sites is 1. The number of fused-ring (bicyclic) bond motifs is 1. The topological polar surface area (TPSA) is 69.4 Å². The zero-order valence-electron chi connectivity index (χ0n) is 15.3. The van der Waals surface area contributed by atoms with Gasteiger partial charge in [-0.3, -0.25) is 0 Å². The van der Waals surface area contributed by atoms with Gasteiger partial charge in [-0.05, 0) is 42.0 Å². The first kappa shape index (κ1) is 18.0. The number of rotatable bonds is 8. The summed E-state index contributed by atoms with van der Waals surface area (Å²) >= 11 is 0. The van der Waals surface area contributed by atoms with Crippen molar-refractivity contribution in [2.75, 3.05) is 6.61 Å². The van der Waals surface area contributed by atoms with Gasteiger partial charge in [-0.1, -0.05) is 47.7 Å². The number of hydrogen-bond donors (Lipinski definition) is 1. The molecule has 0 saturated carbocycles. The second kappa shape index (κ2) is 8.54. The van der Waals surface area contributed by atoms with Crippen molar-refractivity contribution in [3.63, 3.8) is 0 Å². The van der Waals surface area contributed by atoms with Gasteiger partial charge in [0.15, 0.2) is 0 Å². The standard InChI is InChI=1S/C22H21N3O3/c26-18(14-25-22-9-5-4-8-21(22)23-24-25)16-28-20-12-10-19(11-13-20)27-15-17-6-2-1-3-7-17/h1-13,18,26H,14-16H2. The van der Waals surface area contributed by atoms with Gasteiger partial charge in [-0.2, -0.15) is 0 Å². The van der Waals surface area contributed by atoms with E-state index in [-0.39, 0.29) is 6.61 Å². The van der Waals surface area contributed by atoms with Crippen LogP contribution < -0.4 is 9.47 Å². The molecule has 28 heavy (non-hydrogen) atoms. The van der Waals surface area contributed by atoms with E-state index < -0.39 is 6.10 Å². The van der Waals surface area contributed by atoms with Gasteiger partial charge in [0.25, 0.3) is 0 Å². The van der Waals surface area contributed by atoms with Crippen molar-refractivity contribution in [1.29, 1.82) is 0 Å². The highest BCUT2D eigenvalue weighted by Gasteiger charge is 2.10. The average Bonchev–Trinajstić information content (AvgIpc) is 3.15. The van der Waals surface area contributed by atoms with Crippen LogP contribution in [0, 0.1) is 0 Å². The molecule has 0 aliphatic carbocycles. The van der Waals surface area contributed by atoms with Crippen LogP contribution >= 0.6 is 0 Å². The molecule has 0 amide bonds. The fourth-order valence-electron chi connectivity index (χ4n) is 2.87. The van der Waals surface area contributed by atoms with E-state index in [1.807, 2.05) is 78.9 Å². The van der Waals surface area contributed by atoms with E-state index in [1.54, 1.807) is 4.68 Å². The molecule has 0 bridgehead atoms. The quantitative estimate of drug-likeness (QED) is 0.511. The Balaban J connectivity index is 1.27. The number of aliphatic hydroxyl groups excluding tert-OH is 1. The molecule has 142 valence electrons. The molecule has 1 N–H and O–H groups in total. The first-order valence-electron chi connectivity index (χ1n) is 9.14. The van der Waals surface area contributed by atoms with Gasteiger partial charge in [0, 0.05) is 0 Å². The van der Waals surface area contributed by atoms with Crippen LogP contribution in [-0.4, -0.2) is 32.8 Å². The highest BCUT2D eigenvalue weighted by molar-refractivity contribution is 5.73. The van der Waals surface area contributed by atoms with Crippen molar-refractivity contribution in [2.45, 2.75) is 19.3 Å². The van der Waals surface area contributed by atoms with Gasteiger partial charge in [-0.25, -0.2) is 4.68 Å². The molecule has 0 aliphatic heterocycles. The van der Waals surface area contributed by atoms with Gasteiger partial charge < -0.3 is 14.6 Å². The van der Waals surface area contributed by atoms with E-state index in [0.717, 1.165) is 22.3 Å². The first-order valence-corrected chi connectivity index (χ1v) is 9.14. The van der Waals surface area contributed by atoms with E-state index in [9.17, 15) is 5.11 Å². The van der Waals surface area contributed by atoms with Crippen molar-refractivity contribution >= 4 is 11.0 Å². The Morgan fingerprint density at radius 1 is 0.821 bits per heavy atom.